The number of anilines is 1. The Bertz CT molecular complexity index is 1160. The Morgan fingerprint density at radius 2 is 1.48 bits per heavy atom. The first-order valence-corrected chi connectivity index (χ1v) is 10.3. The van der Waals surface area contributed by atoms with Crippen LogP contribution in [0.15, 0.2) is 72.4 Å². The van der Waals surface area contributed by atoms with Crippen molar-refractivity contribution in [2.75, 3.05) is 26.6 Å². The molecule has 3 aromatic rings. The molecule has 8 heteroatoms. The number of ether oxygens (including phenoxy) is 3. The summed E-state index contributed by atoms with van der Waals surface area (Å²) in [5.74, 6) is 0.581. The fourth-order valence-electron chi connectivity index (χ4n) is 2.93. The predicted molar refractivity (Wildman–Crippen MR) is 128 cm³/mol. The summed E-state index contributed by atoms with van der Waals surface area (Å²) in [6.45, 7) is 0. The first-order valence-electron chi connectivity index (χ1n) is 9.89. The van der Waals surface area contributed by atoms with E-state index in [9.17, 15) is 9.59 Å². The third-order valence-electron chi connectivity index (χ3n) is 4.67. The summed E-state index contributed by atoms with van der Waals surface area (Å²) in [7, 11) is 4.56. The summed E-state index contributed by atoms with van der Waals surface area (Å²) in [6, 6.07) is 18.5. The number of carbonyl (C=O) groups is 2. The van der Waals surface area contributed by atoms with Gasteiger partial charge in [0.1, 0.15) is 11.4 Å². The van der Waals surface area contributed by atoms with Gasteiger partial charge in [0.25, 0.3) is 11.8 Å². The van der Waals surface area contributed by atoms with E-state index in [0.717, 1.165) is 0 Å². The summed E-state index contributed by atoms with van der Waals surface area (Å²) >= 11 is 5.92. The number of hydrogen-bond donors (Lipinski definition) is 2. The lowest BCUT2D eigenvalue weighted by Gasteiger charge is -2.13. The van der Waals surface area contributed by atoms with Crippen molar-refractivity contribution in [3.8, 4) is 17.2 Å². The lowest BCUT2D eigenvalue weighted by atomic mass is 10.1. The fraction of sp³-hybridized carbons (Fsp3) is 0.120. The van der Waals surface area contributed by atoms with Crippen LogP contribution in [0.3, 0.4) is 0 Å². The van der Waals surface area contributed by atoms with Crippen molar-refractivity contribution in [3.63, 3.8) is 0 Å². The number of amides is 2. The molecule has 0 aliphatic rings. The van der Waals surface area contributed by atoms with E-state index in [1.54, 1.807) is 73.8 Å². The number of hydrogen-bond acceptors (Lipinski definition) is 5. The molecule has 0 radical (unpaired) electrons. The molecular formula is C25H23ClN2O5. The third kappa shape index (κ3) is 6.27. The van der Waals surface area contributed by atoms with Crippen molar-refractivity contribution in [1.29, 1.82) is 0 Å². The highest BCUT2D eigenvalue weighted by Crippen LogP contribution is 2.27. The van der Waals surface area contributed by atoms with E-state index in [4.69, 9.17) is 25.8 Å². The zero-order chi connectivity index (χ0) is 23.8. The van der Waals surface area contributed by atoms with Gasteiger partial charge in [-0.05, 0) is 66.2 Å². The Labute approximate surface area is 196 Å². The molecule has 3 aromatic carbocycles. The Hall–Kier alpha value is -3.97. The molecule has 0 bridgehead atoms. The summed E-state index contributed by atoms with van der Waals surface area (Å²) in [4.78, 5) is 26.0. The molecule has 0 unspecified atom stereocenters. The molecule has 0 aromatic heterocycles. The van der Waals surface area contributed by atoms with Crippen LogP contribution in [0.2, 0.25) is 5.02 Å². The molecule has 0 fully saturated rings. The van der Waals surface area contributed by atoms with Crippen molar-refractivity contribution in [2.24, 2.45) is 0 Å². The fourth-order valence-corrected chi connectivity index (χ4v) is 3.05. The maximum absolute atomic E-state index is 13.0. The van der Waals surface area contributed by atoms with Crippen LogP contribution >= 0.6 is 11.6 Å². The average Bonchev–Trinajstić information content (AvgIpc) is 2.84. The van der Waals surface area contributed by atoms with E-state index in [1.165, 1.54) is 20.3 Å². The second kappa shape index (κ2) is 11.1. The normalized spacial score (nSPS) is 10.8. The van der Waals surface area contributed by atoms with Gasteiger partial charge in [0.05, 0.1) is 21.3 Å². The van der Waals surface area contributed by atoms with Gasteiger partial charge in [0.2, 0.25) is 0 Å². The molecule has 0 atom stereocenters. The number of benzene rings is 3. The second-order valence-corrected chi connectivity index (χ2v) is 7.25. The minimum Gasteiger partial charge on any atom is -0.497 e. The highest BCUT2D eigenvalue weighted by molar-refractivity contribution is 6.30. The standard InChI is InChI=1S/C25H23ClN2O5/c1-31-20-11-4-16(5-12-20)14-21(25(30)27-19-9-7-18(26)8-10-19)28-24(29)17-6-13-22(32-2)23(15-17)33-3/h4-15H,1-3H3,(H,27,30)(H,28,29)/b21-14-. The van der Waals surface area contributed by atoms with Crippen molar-refractivity contribution >= 4 is 35.2 Å². The van der Waals surface area contributed by atoms with Crippen LogP contribution in [0.1, 0.15) is 15.9 Å². The number of rotatable bonds is 8. The predicted octanol–water partition coefficient (Wildman–Crippen LogP) is 4.78. The zero-order valence-corrected chi connectivity index (χ0v) is 19.1. The summed E-state index contributed by atoms with van der Waals surface area (Å²) in [6.07, 6.45) is 1.57. The smallest absolute Gasteiger partial charge is 0.272 e. The summed E-state index contributed by atoms with van der Waals surface area (Å²) in [5.41, 5.74) is 1.58. The van der Waals surface area contributed by atoms with E-state index in [-0.39, 0.29) is 5.70 Å². The van der Waals surface area contributed by atoms with Crippen molar-refractivity contribution in [1.82, 2.24) is 5.32 Å². The molecule has 0 aliphatic heterocycles. The van der Waals surface area contributed by atoms with Crippen LogP contribution in [0, 0.1) is 0 Å². The van der Waals surface area contributed by atoms with Gasteiger partial charge in [-0.1, -0.05) is 23.7 Å². The number of carbonyl (C=O) groups excluding carboxylic acids is 2. The summed E-state index contributed by atoms with van der Waals surface area (Å²) < 4.78 is 15.6. The van der Waals surface area contributed by atoms with E-state index in [1.807, 2.05) is 0 Å². The van der Waals surface area contributed by atoms with E-state index in [0.29, 0.717) is 39.1 Å². The Balaban J connectivity index is 1.90. The topological polar surface area (TPSA) is 85.9 Å². The van der Waals surface area contributed by atoms with Gasteiger partial charge in [0.15, 0.2) is 11.5 Å². The van der Waals surface area contributed by atoms with E-state index in [2.05, 4.69) is 10.6 Å². The molecule has 33 heavy (non-hydrogen) atoms. The number of halogens is 1. The van der Waals surface area contributed by atoms with Crippen LogP contribution in [0.4, 0.5) is 5.69 Å². The lowest BCUT2D eigenvalue weighted by Crippen LogP contribution is -2.30. The molecule has 0 spiro atoms. The third-order valence-corrected chi connectivity index (χ3v) is 4.92. The van der Waals surface area contributed by atoms with Crippen LogP contribution < -0.4 is 24.8 Å². The molecule has 2 amide bonds. The zero-order valence-electron chi connectivity index (χ0n) is 18.3. The maximum atomic E-state index is 13.0. The van der Waals surface area contributed by atoms with Crippen LogP contribution in [0.5, 0.6) is 17.2 Å². The van der Waals surface area contributed by atoms with Crippen molar-refractivity contribution in [3.05, 3.63) is 88.6 Å². The van der Waals surface area contributed by atoms with Gasteiger partial charge in [-0.25, -0.2) is 0 Å². The number of nitrogens with one attached hydrogen (secondary N) is 2. The highest BCUT2D eigenvalue weighted by Gasteiger charge is 2.17. The quantitative estimate of drug-likeness (QED) is 0.467. The lowest BCUT2D eigenvalue weighted by molar-refractivity contribution is -0.113. The van der Waals surface area contributed by atoms with Crippen LogP contribution in [0.25, 0.3) is 6.08 Å². The van der Waals surface area contributed by atoms with Gasteiger partial charge < -0.3 is 24.8 Å². The molecule has 0 saturated heterocycles. The van der Waals surface area contributed by atoms with Gasteiger partial charge in [-0.15, -0.1) is 0 Å². The molecule has 7 nitrogen and oxygen atoms in total. The minimum absolute atomic E-state index is 0.0508. The number of methoxy groups -OCH3 is 3. The molecule has 0 heterocycles. The van der Waals surface area contributed by atoms with Crippen molar-refractivity contribution < 1.29 is 23.8 Å². The average molecular weight is 467 g/mol. The van der Waals surface area contributed by atoms with Crippen LogP contribution in [-0.2, 0) is 4.79 Å². The van der Waals surface area contributed by atoms with E-state index >= 15 is 0 Å². The SMILES string of the molecule is COc1ccc(/C=C(\NC(=O)c2ccc(OC)c(OC)c2)C(=O)Nc2ccc(Cl)cc2)cc1. The molecule has 0 saturated carbocycles. The Morgan fingerprint density at radius 3 is 2.09 bits per heavy atom. The minimum atomic E-state index is -0.498. The molecule has 3 rings (SSSR count). The Kier molecular flexibility index (Phi) is 7.94. The van der Waals surface area contributed by atoms with Crippen molar-refractivity contribution in [2.45, 2.75) is 0 Å². The monoisotopic (exact) mass is 466 g/mol. The first kappa shape index (κ1) is 23.7. The molecule has 2 N–H and O–H groups in total. The molecule has 0 aliphatic carbocycles. The second-order valence-electron chi connectivity index (χ2n) is 6.82. The van der Waals surface area contributed by atoms with Gasteiger partial charge in [-0.2, -0.15) is 0 Å². The van der Waals surface area contributed by atoms with E-state index < -0.39 is 11.8 Å². The Morgan fingerprint density at radius 1 is 0.818 bits per heavy atom. The largest absolute Gasteiger partial charge is 0.497 e. The first-order chi connectivity index (χ1) is 15.9. The van der Waals surface area contributed by atoms with Gasteiger partial charge >= 0.3 is 0 Å². The highest BCUT2D eigenvalue weighted by atomic mass is 35.5. The van der Waals surface area contributed by atoms with Gasteiger partial charge in [0, 0.05) is 16.3 Å². The molecule has 170 valence electrons. The van der Waals surface area contributed by atoms with Crippen LogP contribution in [-0.4, -0.2) is 33.1 Å². The molecular weight excluding hydrogens is 444 g/mol. The summed E-state index contributed by atoms with van der Waals surface area (Å²) in [5, 5.41) is 5.99. The maximum Gasteiger partial charge on any atom is 0.272 e. The van der Waals surface area contributed by atoms with Gasteiger partial charge in [-0.3, -0.25) is 9.59 Å².